The van der Waals surface area contributed by atoms with Crippen LogP contribution in [0.4, 0.5) is 0 Å². The summed E-state index contributed by atoms with van der Waals surface area (Å²) >= 11 is 19.5. The van der Waals surface area contributed by atoms with Crippen LogP contribution in [0.5, 0.6) is 11.5 Å². The van der Waals surface area contributed by atoms with Gasteiger partial charge in [0.2, 0.25) is 0 Å². The van der Waals surface area contributed by atoms with Gasteiger partial charge in [-0.05, 0) is 74.3 Å². The zero-order valence-electron chi connectivity index (χ0n) is 21.9. The van der Waals surface area contributed by atoms with Gasteiger partial charge in [0.1, 0.15) is 6.61 Å². The van der Waals surface area contributed by atoms with Crippen molar-refractivity contribution in [2.75, 3.05) is 6.61 Å². The number of Topliss-reactive ketones (excluding diaryl/α,β-unsaturated/α-hetero) is 1. The summed E-state index contributed by atoms with van der Waals surface area (Å²) in [6.07, 6.45) is 0. The predicted octanol–water partition coefficient (Wildman–Crippen LogP) is 8.66. The summed E-state index contributed by atoms with van der Waals surface area (Å²) in [5.74, 6) is 0.905. The van der Waals surface area contributed by atoms with Crippen molar-refractivity contribution >= 4 is 72.3 Å². The van der Waals surface area contributed by atoms with Crippen LogP contribution in [-0.2, 0) is 6.61 Å². The summed E-state index contributed by atoms with van der Waals surface area (Å²) in [7, 11) is 0. The largest absolute Gasteiger partial charge is 0.490 e. The van der Waals surface area contributed by atoms with Crippen LogP contribution >= 0.6 is 55.7 Å². The Balaban J connectivity index is 1.65. The minimum Gasteiger partial charge on any atom is -0.490 e. The van der Waals surface area contributed by atoms with Gasteiger partial charge < -0.3 is 20.1 Å². The first-order valence-electron chi connectivity index (χ1n) is 12.9. The average Bonchev–Trinajstić information content (AvgIpc) is 2.99. The van der Waals surface area contributed by atoms with Gasteiger partial charge in [0, 0.05) is 20.6 Å². The van der Waals surface area contributed by atoms with Gasteiger partial charge in [0.15, 0.2) is 22.4 Å². The number of hydrogen-bond acceptors (Lipinski definition) is 4. The molecule has 1 aliphatic heterocycles. The molecule has 5 nitrogen and oxygen atoms in total. The second kappa shape index (κ2) is 13.2. The summed E-state index contributed by atoms with van der Waals surface area (Å²) < 4.78 is 13.6. The van der Waals surface area contributed by atoms with E-state index in [1.54, 1.807) is 0 Å². The molecule has 208 valence electrons. The van der Waals surface area contributed by atoms with E-state index in [0.29, 0.717) is 54.0 Å². The van der Waals surface area contributed by atoms with E-state index in [2.05, 4.69) is 42.5 Å². The molecule has 1 atom stereocenters. The lowest BCUT2D eigenvalue weighted by atomic mass is 9.87. The highest BCUT2D eigenvalue weighted by molar-refractivity contribution is 9.13. The Morgan fingerprint density at radius 1 is 0.927 bits per heavy atom. The Kier molecular flexibility index (Phi) is 9.45. The van der Waals surface area contributed by atoms with E-state index in [0.717, 1.165) is 16.7 Å². The maximum absolute atomic E-state index is 14.2. The number of hydrogen-bond donors (Lipinski definition) is 2. The van der Waals surface area contributed by atoms with Crippen molar-refractivity contribution in [2.24, 2.45) is 0 Å². The fourth-order valence-electron chi connectivity index (χ4n) is 4.60. The van der Waals surface area contributed by atoms with Gasteiger partial charge >= 0.3 is 0 Å². The monoisotopic (exact) mass is 710 g/mol. The number of ketones is 1. The Morgan fingerprint density at radius 2 is 1.59 bits per heavy atom. The highest BCUT2D eigenvalue weighted by Crippen LogP contribution is 2.47. The van der Waals surface area contributed by atoms with Gasteiger partial charge in [-0.15, -0.1) is 0 Å². The van der Waals surface area contributed by atoms with Crippen LogP contribution in [0.25, 0.3) is 5.70 Å². The molecule has 0 aromatic heterocycles. The van der Waals surface area contributed by atoms with E-state index >= 15 is 0 Å². The van der Waals surface area contributed by atoms with Crippen LogP contribution in [0.15, 0.2) is 106 Å². The summed E-state index contributed by atoms with van der Waals surface area (Å²) in [6.45, 7) is 2.56. The lowest BCUT2D eigenvalue weighted by Crippen LogP contribution is -2.45. The molecule has 0 amide bonds. The van der Waals surface area contributed by atoms with Crippen molar-refractivity contribution < 1.29 is 14.3 Å². The van der Waals surface area contributed by atoms with Gasteiger partial charge in [-0.2, -0.15) is 0 Å². The summed E-state index contributed by atoms with van der Waals surface area (Å²) in [5, 5.41) is 7.60. The van der Waals surface area contributed by atoms with E-state index in [1.807, 2.05) is 97.9 Å². The molecule has 1 unspecified atom stereocenters. The summed E-state index contributed by atoms with van der Waals surface area (Å²) in [4.78, 5) is 14.2. The Morgan fingerprint density at radius 3 is 2.27 bits per heavy atom. The van der Waals surface area contributed by atoms with Gasteiger partial charge in [-0.1, -0.05) is 90.5 Å². The minimum absolute atomic E-state index is 0.128. The van der Waals surface area contributed by atoms with E-state index < -0.39 is 6.04 Å². The lowest BCUT2D eigenvalue weighted by molar-refractivity contribution is 0.102. The van der Waals surface area contributed by atoms with Crippen LogP contribution in [0.1, 0.15) is 40.0 Å². The normalized spacial score (nSPS) is 14.7. The zero-order valence-corrected chi connectivity index (χ0v) is 26.7. The molecule has 4 aromatic carbocycles. The first-order chi connectivity index (χ1) is 19.9. The third-order valence-corrected chi connectivity index (χ3v) is 9.24. The Labute approximate surface area is 266 Å². The molecule has 9 heteroatoms. The average molecular weight is 713 g/mol. The number of halogens is 3. The molecule has 4 aromatic rings. The van der Waals surface area contributed by atoms with E-state index in [1.165, 1.54) is 0 Å². The fourth-order valence-corrected chi connectivity index (χ4v) is 6.07. The molecule has 0 bridgehead atoms. The number of carbonyl (C=O) groups excluding carboxylic acids is 1. The van der Waals surface area contributed by atoms with E-state index in [9.17, 15) is 4.79 Å². The van der Waals surface area contributed by atoms with Crippen LogP contribution in [0, 0.1) is 0 Å². The van der Waals surface area contributed by atoms with Crippen LogP contribution < -0.4 is 20.1 Å². The maximum Gasteiger partial charge on any atom is 0.193 e. The summed E-state index contributed by atoms with van der Waals surface area (Å²) in [6, 6.07) is 27.7. The number of thiocarbonyl (C=S) groups is 1. The van der Waals surface area contributed by atoms with Crippen molar-refractivity contribution in [3.8, 4) is 11.5 Å². The Hall–Kier alpha value is -3.17. The molecular weight excluding hydrogens is 688 g/mol. The second-order valence-electron chi connectivity index (χ2n) is 9.12. The molecule has 1 heterocycles. The smallest absolute Gasteiger partial charge is 0.193 e. The fraction of sp³-hybridized carbons (Fsp3) is 0.125. The van der Waals surface area contributed by atoms with E-state index in [-0.39, 0.29) is 12.4 Å². The summed E-state index contributed by atoms with van der Waals surface area (Å²) in [5.41, 5.74) is 4.18. The van der Waals surface area contributed by atoms with Crippen molar-refractivity contribution in [1.29, 1.82) is 0 Å². The molecule has 0 saturated carbocycles. The number of ether oxygens (including phenoxy) is 2. The molecular formula is C32H25Br2ClN2O3S. The lowest BCUT2D eigenvalue weighted by Gasteiger charge is -2.33. The van der Waals surface area contributed by atoms with Crippen molar-refractivity contribution in [3.05, 3.63) is 133 Å². The molecule has 0 aliphatic carbocycles. The van der Waals surface area contributed by atoms with Crippen LogP contribution in [0.3, 0.4) is 0 Å². The maximum atomic E-state index is 14.2. The second-order valence-corrected chi connectivity index (χ2v) is 11.5. The van der Waals surface area contributed by atoms with Crippen LogP contribution in [-0.4, -0.2) is 17.5 Å². The quantitative estimate of drug-likeness (QED) is 0.134. The van der Waals surface area contributed by atoms with Gasteiger partial charge in [0.05, 0.1) is 28.4 Å². The molecule has 41 heavy (non-hydrogen) atoms. The minimum atomic E-state index is -0.603. The van der Waals surface area contributed by atoms with Gasteiger partial charge in [0.25, 0.3) is 0 Å². The number of nitrogens with one attached hydrogen (secondary N) is 2. The third-order valence-electron chi connectivity index (χ3n) is 6.51. The first-order valence-corrected chi connectivity index (χ1v) is 15.2. The molecule has 2 N–H and O–H groups in total. The van der Waals surface area contributed by atoms with Crippen LogP contribution in [0.2, 0.25) is 5.02 Å². The highest BCUT2D eigenvalue weighted by atomic mass is 79.9. The van der Waals surface area contributed by atoms with Crippen molar-refractivity contribution in [3.63, 3.8) is 0 Å². The van der Waals surface area contributed by atoms with Crippen molar-refractivity contribution in [1.82, 2.24) is 10.6 Å². The molecule has 5 rings (SSSR count). The third kappa shape index (κ3) is 6.36. The molecule has 0 saturated heterocycles. The number of rotatable bonds is 9. The van der Waals surface area contributed by atoms with E-state index in [4.69, 9.17) is 33.3 Å². The predicted molar refractivity (Wildman–Crippen MR) is 175 cm³/mol. The van der Waals surface area contributed by atoms with Crippen molar-refractivity contribution in [2.45, 2.75) is 19.6 Å². The molecule has 0 fully saturated rings. The van der Waals surface area contributed by atoms with Gasteiger partial charge in [-0.25, -0.2) is 0 Å². The standard InChI is InChI=1S/C32H25Br2ClN2O3S/c1-2-39-24-17-22(26(33)27(34)31(24)40-18-21-15-9-10-16-23(21)35)29-25(30(38)20-13-7-4-8-14-20)28(36-32(41)37-29)19-11-5-3-6-12-19/h3-17,29H,2,18H2,1H3,(H2,36,37,41). The zero-order chi connectivity index (χ0) is 28.9. The molecule has 1 aliphatic rings. The highest BCUT2D eigenvalue weighted by Gasteiger charge is 2.35. The van der Waals surface area contributed by atoms with Gasteiger partial charge in [-0.3, -0.25) is 4.79 Å². The molecule has 0 radical (unpaired) electrons. The SMILES string of the molecule is CCOc1cc(C2NC(=S)NC(c3ccccc3)=C2C(=O)c2ccccc2)c(Br)c(Br)c1OCc1ccccc1Cl. The number of benzene rings is 4. The topological polar surface area (TPSA) is 59.6 Å². The first kappa shape index (κ1) is 29.3. The number of carbonyl (C=O) groups is 1. The Bertz CT molecular complexity index is 1630. The molecule has 0 spiro atoms.